The lowest BCUT2D eigenvalue weighted by Gasteiger charge is -2.10. The number of imidazole rings is 1. The molecule has 1 saturated carbocycles. The first-order chi connectivity index (χ1) is 8.63. The second-order valence-corrected chi connectivity index (χ2v) is 4.95. The van der Waals surface area contributed by atoms with Gasteiger partial charge in [0.15, 0.2) is 0 Å². The molecule has 1 aliphatic carbocycles. The number of benzene rings is 1. The minimum Gasteiger partial charge on any atom is -0.323 e. The Balaban J connectivity index is 1.94. The summed E-state index contributed by atoms with van der Waals surface area (Å²) in [5.41, 5.74) is 2.47. The number of anilines is 2. The molecular weight excluding hydrogens is 229 g/mol. The average molecular weight is 245 g/mol. The first-order valence-electron chi connectivity index (χ1n) is 6.22. The molecule has 94 valence electrons. The molecule has 1 fully saturated rings. The summed E-state index contributed by atoms with van der Waals surface area (Å²) >= 11 is 0. The van der Waals surface area contributed by atoms with Gasteiger partial charge in [-0.1, -0.05) is 6.07 Å². The normalized spacial score (nSPS) is 14.8. The Morgan fingerprint density at radius 3 is 2.83 bits per heavy atom. The predicted octanol–water partition coefficient (Wildman–Crippen LogP) is 3.72. The van der Waals surface area contributed by atoms with Crippen molar-refractivity contribution in [2.45, 2.75) is 32.7 Å². The zero-order chi connectivity index (χ0) is 12.7. The molecule has 1 aromatic carbocycles. The fourth-order valence-electron chi connectivity index (χ4n) is 2.09. The van der Waals surface area contributed by atoms with E-state index in [1.54, 1.807) is 12.1 Å². The largest absolute Gasteiger partial charge is 0.323 e. The molecule has 1 aliphatic rings. The maximum atomic E-state index is 13.7. The highest BCUT2D eigenvalue weighted by Crippen LogP contribution is 2.38. The minimum absolute atomic E-state index is 0.247. The van der Waals surface area contributed by atoms with E-state index in [0.717, 1.165) is 17.2 Å². The van der Waals surface area contributed by atoms with Gasteiger partial charge in [0, 0.05) is 12.2 Å². The Morgan fingerprint density at radius 2 is 2.11 bits per heavy atom. The average Bonchev–Trinajstić information content (AvgIpc) is 3.09. The van der Waals surface area contributed by atoms with Gasteiger partial charge in [-0.05, 0) is 44.4 Å². The molecule has 3 rings (SSSR count). The molecule has 4 heteroatoms. The summed E-state index contributed by atoms with van der Waals surface area (Å²) in [6.45, 7) is 3.90. The Hall–Kier alpha value is -1.84. The summed E-state index contributed by atoms with van der Waals surface area (Å²) < 4.78 is 15.8. The van der Waals surface area contributed by atoms with E-state index < -0.39 is 0 Å². The van der Waals surface area contributed by atoms with Crippen LogP contribution < -0.4 is 5.32 Å². The van der Waals surface area contributed by atoms with Crippen LogP contribution in [0.2, 0.25) is 0 Å². The Bertz CT molecular complexity index is 585. The Morgan fingerprint density at radius 1 is 1.33 bits per heavy atom. The highest BCUT2D eigenvalue weighted by molar-refractivity contribution is 5.56. The van der Waals surface area contributed by atoms with E-state index in [-0.39, 0.29) is 5.82 Å². The molecule has 0 bridgehead atoms. The summed E-state index contributed by atoms with van der Waals surface area (Å²) in [7, 11) is 0. The highest BCUT2D eigenvalue weighted by Gasteiger charge is 2.26. The van der Waals surface area contributed by atoms with Crippen LogP contribution in [0.15, 0.2) is 24.4 Å². The molecule has 3 nitrogen and oxygen atoms in total. The van der Waals surface area contributed by atoms with Crippen LogP contribution in [-0.2, 0) is 0 Å². The summed E-state index contributed by atoms with van der Waals surface area (Å²) in [5, 5.41) is 3.10. The van der Waals surface area contributed by atoms with Crippen LogP contribution in [-0.4, -0.2) is 9.55 Å². The van der Waals surface area contributed by atoms with Gasteiger partial charge in [-0.15, -0.1) is 0 Å². The van der Waals surface area contributed by atoms with Gasteiger partial charge < -0.3 is 9.88 Å². The highest BCUT2D eigenvalue weighted by atomic mass is 19.1. The Kier molecular flexibility index (Phi) is 2.58. The number of rotatable bonds is 3. The van der Waals surface area contributed by atoms with Gasteiger partial charge in [-0.25, -0.2) is 9.37 Å². The van der Waals surface area contributed by atoms with E-state index in [1.165, 1.54) is 18.9 Å². The van der Waals surface area contributed by atoms with E-state index >= 15 is 0 Å². The van der Waals surface area contributed by atoms with E-state index in [2.05, 4.69) is 14.9 Å². The number of halogens is 1. The molecule has 0 saturated heterocycles. The summed E-state index contributed by atoms with van der Waals surface area (Å²) in [4.78, 5) is 4.42. The van der Waals surface area contributed by atoms with Gasteiger partial charge in [0.1, 0.15) is 5.82 Å². The quantitative estimate of drug-likeness (QED) is 0.893. The third-order valence-corrected chi connectivity index (χ3v) is 3.16. The van der Waals surface area contributed by atoms with Crippen LogP contribution in [0.3, 0.4) is 0 Å². The van der Waals surface area contributed by atoms with Crippen molar-refractivity contribution in [1.29, 1.82) is 0 Å². The second-order valence-electron chi connectivity index (χ2n) is 4.95. The van der Waals surface area contributed by atoms with Crippen LogP contribution in [0.1, 0.15) is 30.1 Å². The van der Waals surface area contributed by atoms with Gasteiger partial charge in [0.05, 0.1) is 11.4 Å². The third-order valence-electron chi connectivity index (χ3n) is 3.16. The molecule has 1 heterocycles. The van der Waals surface area contributed by atoms with Gasteiger partial charge in [0.25, 0.3) is 0 Å². The molecule has 0 aliphatic heterocycles. The summed E-state index contributed by atoms with van der Waals surface area (Å²) in [5.74, 6) is 0.489. The number of hydrogen-bond acceptors (Lipinski definition) is 2. The van der Waals surface area contributed by atoms with Crippen molar-refractivity contribution < 1.29 is 4.39 Å². The lowest BCUT2D eigenvalue weighted by Crippen LogP contribution is -2.02. The molecule has 1 aromatic heterocycles. The molecule has 18 heavy (non-hydrogen) atoms. The molecule has 0 unspecified atom stereocenters. The smallest absolute Gasteiger partial charge is 0.207 e. The van der Waals surface area contributed by atoms with Crippen molar-refractivity contribution in [1.82, 2.24) is 9.55 Å². The number of hydrogen-bond donors (Lipinski definition) is 1. The molecule has 2 aromatic rings. The van der Waals surface area contributed by atoms with Crippen molar-refractivity contribution in [3.05, 3.63) is 41.5 Å². The van der Waals surface area contributed by atoms with Crippen molar-refractivity contribution in [3.63, 3.8) is 0 Å². The molecule has 0 atom stereocenters. The van der Waals surface area contributed by atoms with Gasteiger partial charge in [0.2, 0.25) is 5.95 Å². The fraction of sp³-hybridized carbons (Fsp3) is 0.357. The van der Waals surface area contributed by atoms with Crippen LogP contribution in [0, 0.1) is 19.7 Å². The second kappa shape index (κ2) is 4.12. The van der Waals surface area contributed by atoms with Crippen molar-refractivity contribution >= 4 is 11.6 Å². The SMILES string of the molecule is Cc1ccc(F)c(Nc2nc(C)cn2C2CC2)c1. The zero-order valence-corrected chi connectivity index (χ0v) is 10.6. The third kappa shape index (κ3) is 2.10. The van der Waals surface area contributed by atoms with Crippen LogP contribution in [0.4, 0.5) is 16.0 Å². The number of nitrogens with one attached hydrogen (secondary N) is 1. The van der Waals surface area contributed by atoms with Crippen molar-refractivity contribution in [2.24, 2.45) is 0 Å². The molecule has 0 radical (unpaired) electrons. The lowest BCUT2D eigenvalue weighted by atomic mass is 10.2. The summed E-state index contributed by atoms with van der Waals surface area (Å²) in [6, 6.07) is 5.58. The van der Waals surface area contributed by atoms with E-state index in [0.29, 0.717) is 11.7 Å². The van der Waals surface area contributed by atoms with E-state index in [1.807, 2.05) is 20.0 Å². The van der Waals surface area contributed by atoms with E-state index in [4.69, 9.17) is 0 Å². The topological polar surface area (TPSA) is 29.9 Å². The molecule has 1 N–H and O–H groups in total. The fourth-order valence-corrected chi connectivity index (χ4v) is 2.09. The Labute approximate surface area is 106 Å². The molecular formula is C14H16FN3. The lowest BCUT2D eigenvalue weighted by molar-refractivity contribution is 0.630. The van der Waals surface area contributed by atoms with Gasteiger partial charge >= 0.3 is 0 Å². The van der Waals surface area contributed by atoms with Gasteiger partial charge in [-0.2, -0.15) is 0 Å². The van der Waals surface area contributed by atoms with Crippen LogP contribution >= 0.6 is 0 Å². The molecule has 0 amide bonds. The zero-order valence-electron chi connectivity index (χ0n) is 10.6. The maximum Gasteiger partial charge on any atom is 0.207 e. The van der Waals surface area contributed by atoms with Gasteiger partial charge in [-0.3, -0.25) is 0 Å². The first kappa shape index (κ1) is 11.3. The van der Waals surface area contributed by atoms with Crippen LogP contribution in [0.25, 0.3) is 0 Å². The number of nitrogens with zero attached hydrogens (tertiary/aromatic N) is 2. The minimum atomic E-state index is -0.247. The summed E-state index contributed by atoms with van der Waals surface area (Å²) in [6.07, 6.45) is 4.38. The standard InChI is InChI=1S/C14H16FN3/c1-9-3-6-12(15)13(7-9)17-14-16-10(2)8-18(14)11-4-5-11/h3,6-8,11H,4-5H2,1-2H3,(H,16,17). The van der Waals surface area contributed by atoms with Crippen LogP contribution in [0.5, 0.6) is 0 Å². The number of aryl methyl sites for hydroxylation is 2. The number of aromatic nitrogens is 2. The molecule has 0 spiro atoms. The first-order valence-corrected chi connectivity index (χ1v) is 6.22. The predicted molar refractivity (Wildman–Crippen MR) is 69.7 cm³/mol. The maximum absolute atomic E-state index is 13.7. The monoisotopic (exact) mass is 245 g/mol. The van der Waals surface area contributed by atoms with Crippen molar-refractivity contribution in [2.75, 3.05) is 5.32 Å². The van der Waals surface area contributed by atoms with E-state index in [9.17, 15) is 4.39 Å². The van der Waals surface area contributed by atoms with Crippen molar-refractivity contribution in [3.8, 4) is 0 Å².